The normalized spacial score (nSPS) is 20.2. The molecule has 5 nitrogen and oxygen atoms in total. The smallest absolute Gasteiger partial charge is 0.0575 e. The zero-order valence-corrected chi connectivity index (χ0v) is 83.5. The molecule has 10 rings (SSSR count). The Morgan fingerprint density at radius 2 is 0.312 bits per heavy atom. The molecule has 0 N–H and O–H groups in total. The van der Waals surface area contributed by atoms with Crippen LogP contribution in [0.5, 0.6) is 0 Å². The zero-order chi connectivity index (χ0) is 85.2. The second-order valence-corrected chi connectivity index (χ2v) is 39.7. The molecule has 0 aliphatic heterocycles. The van der Waals surface area contributed by atoms with Crippen molar-refractivity contribution in [2.45, 2.75) is 475 Å². The molecule has 5 aromatic carbocycles. The van der Waals surface area contributed by atoms with Gasteiger partial charge in [0.2, 0.25) is 0 Å². The van der Waals surface area contributed by atoms with Gasteiger partial charge in [0.1, 0.15) is 0 Å². The van der Waals surface area contributed by atoms with E-state index in [-0.39, 0.29) is 23.5 Å². The molecular weight excluding hydrogens is 1660 g/mol. The van der Waals surface area contributed by atoms with Crippen LogP contribution < -0.4 is 0 Å². The van der Waals surface area contributed by atoms with Gasteiger partial charge < -0.3 is 23.7 Å². The van der Waals surface area contributed by atoms with Crippen molar-refractivity contribution in [2.24, 2.45) is 29.6 Å². The fourth-order valence-electron chi connectivity index (χ4n) is 18.7. The summed E-state index contributed by atoms with van der Waals surface area (Å²) in [5.74, 6) is 4.45. The van der Waals surface area contributed by atoms with Crippen molar-refractivity contribution >= 4 is 63.1 Å². The van der Waals surface area contributed by atoms with E-state index in [2.05, 4.69) is 156 Å². The predicted molar refractivity (Wildman–Crippen MR) is 541 cm³/mol. The van der Waals surface area contributed by atoms with Crippen LogP contribution in [-0.4, -0.2) is 63.6 Å². The van der Waals surface area contributed by atoms with E-state index in [4.69, 9.17) is 86.8 Å². The van der Waals surface area contributed by atoms with Gasteiger partial charge in [-0.1, -0.05) is 319 Å². The van der Waals surface area contributed by atoms with E-state index in [1.54, 1.807) is 0 Å². The van der Waals surface area contributed by atoms with E-state index < -0.39 is 0 Å². The number of aryl methyl sites for hydroxylation is 5. The Morgan fingerprint density at radius 3 is 0.448 bits per heavy atom. The van der Waals surface area contributed by atoms with Crippen LogP contribution >= 0.6 is 63.1 Å². The van der Waals surface area contributed by atoms with Gasteiger partial charge in [0.25, 0.3) is 0 Å². The highest BCUT2D eigenvalue weighted by atomic mass is 32.1. The Morgan fingerprint density at radius 1 is 0.184 bits per heavy atom. The number of hydrogen-bond donors (Lipinski definition) is 0. The van der Waals surface area contributed by atoms with Gasteiger partial charge in [-0.2, -0.15) is 0 Å². The molecule has 5 radical (unpaired) electrons. The third kappa shape index (κ3) is 61.2. The van der Waals surface area contributed by atoms with Gasteiger partial charge in [-0.05, 0) is 343 Å². The van der Waals surface area contributed by atoms with Crippen molar-refractivity contribution in [3.8, 4) is 0 Å². The lowest BCUT2D eigenvalue weighted by molar-refractivity contribution is 0.0152. The molecule has 0 bridgehead atoms. The monoisotopic (exact) mass is 1840 g/mol. The van der Waals surface area contributed by atoms with E-state index in [1.807, 2.05) is 0 Å². The molecule has 125 heavy (non-hydrogen) atoms. The van der Waals surface area contributed by atoms with Crippen LogP contribution in [0, 0.1) is 29.6 Å². The van der Waals surface area contributed by atoms with E-state index in [1.165, 1.54) is 413 Å². The summed E-state index contributed by atoms with van der Waals surface area (Å²) in [5, 5.41) is 0. The maximum absolute atomic E-state index is 6.10. The maximum atomic E-state index is 6.10. The summed E-state index contributed by atoms with van der Waals surface area (Å²) in [6.45, 7) is 16.3. The molecule has 15 heteroatoms. The summed E-state index contributed by atoms with van der Waals surface area (Å²) in [6, 6.07) is 42.5. The molecule has 5 aliphatic rings. The highest BCUT2D eigenvalue weighted by Gasteiger charge is 2.26. The largest absolute Gasteiger partial charge is 0.378 e. The summed E-state index contributed by atoms with van der Waals surface area (Å²) < 4.78 is 30.5. The average molecular weight is 1840 g/mol. The third-order valence-corrected chi connectivity index (χ3v) is 28.4. The van der Waals surface area contributed by atoms with Gasteiger partial charge in [0, 0.05) is 57.5 Å². The molecule has 5 saturated carbocycles. The molecule has 0 amide bonds. The van der Waals surface area contributed by atoms with Crippen LogP contribution in [-0.2, 0) is 55.8 Å². The Labute approximate surface area is 791 Å². The van der Waals surface area contributed by atoms with Crippen LogP contribution in [0.25, 0.3) is 0 Å². The quantitative estimate of drug-likeness (QED) is 0.0287. The van der Waals surface area contributed by atoms with Crippen molar-refractivity contribution in [2.75, 3.05) is 33.0 Å². The molecule has 0 spiro atoms. The molecule has 0 aromatic heterocycles. The second-order valence-electron chi connectivity index (χ2n) is 37.3. The first-order valence-electron chi connectivity index (χ1n) is 50.8. The standard InChI is InChI=1S/5C22H35OS.5FH/c5*1-2-3-4-5-6-7-18-23-21-14-10-19(11-15-21)8-9-20-12-16-22(24)17-13-20;;;;;/h5*12-13,16-17,19,21H,2-11,14-15,18H2,1H3;5*1H/t5*19-,21-;;;;;. The number of hydrogen-bond acceptors (Lipinski definition) is 5. The first kappa shape index (κ1) is 120. The minimum Gasteiger partial charge on any atom is -0.378 e. The SMILES string of the molecule is CCCCCCCCO[C@H]1CC[C@H](CCc2ccc([S])cc2)CC1.CCCCCCCCO[C@H]1CC[C@H](CCc2ccc([S])cc2)CC1.CCCCCCCCO[C@H]1CC[C@H](CCc2ccc([S])cc2)CC1.CCCCCCCCO[C@H]1CC[C@H](CCc2ccc([S])cc2)CC1.CCCCCCCCO[C@H]1CC[C@H](CCc2ccc([S])cc2)CC1.F.F.F.F.F. The minimum atomic E-state index is 0. The van der Waals surface area contributed by atoms with Crippen molar-refractivity contribution in [3.05, 3.63) is 149 Å². The maximum Gasteiger partial charge on any atom is 0.0575 e. The number of halogens is 5. The molecule has 5 aromatic rings. The number of ether oxygens (including phenoxy) is 5. The number of unbranched alkanes of at least 4 members (excludes halogenated alkanes) is 25. The lowest BCUT2D eigenvalue weighted by Crippen LogP contribution is -2.22. The zero-order valence-electron chi connectivity index (χ0n) is 79.4. The second kappa shape index (κ2) is 80.3. The summed E-state index contributed by atoms with van der Waals surface area (Å²) in [5.41, 5.74) is 7.18. The van der Waals surface area contributed by atoms with Gasteiger partial charge >= 0.3 is 0 Å². The first-order chi connectivity index (χ1) is 58.9. The van der Waals surface area contributed by atoms with Crippen molar-refractivity contribution in [1.29, 1.82) is 0 Å². The molecule has 0 saturated heterocycles. The number of rotatable bonds is 55. The lowest BCUT2D eigenvalue weighted by Gasteiger charge is -2.28. The minimum absolute atomic E-state index is 0. The Kier molecular flexibility index (Phi) is 76.9. The van der Waals surface area contributed by atoms with E-state index in [0.29, 0.717) is 30.5 Å². The lowest BCUT2D eigenvalue weighted by atomic mass is 9.84. The summed E-state index contributed by atoms with van der Waals surface area (Å²) in [6.07, 6.45) is 82.0. The van der Waals surface area contributed by atoms with Gasteiger partial charge in [-0.15, -0.1) is 0 Å². The van der Waals surface area contributed by atoms with E-state index >= 15 is 0 Å². The summed E-state index contributed by atoms with van der Waals surface area (Å²) in [7, 11) is 0. The molecule has 5 fully saturated rings. The van der Waals surface area contributed by atoms with Crippen LogP contribution in [0.15, 0.2) is 146 Å². The topological polar surface area (TPSA) is 46.2 Å². The fourth-order valence-corrected chi connectivity index (χ4v) is 19.4. The highest BCUT2D eigenvalue weighted by molar-refractivity contribution is 7.81. The predicted octanol–water partition coefficient (Wildman–Crippen LogP) is 36.3. The third-order valence-electron chi connectivity index (χ3n) is 27.0. The van der Waals surface area contributed by atoms with Crippen LogP contribution in [0.2, 0.25) is 0 Å². The van der Waals surface area contributed by atoms with Gasteiger partial charge in [0.15, 0.2) is 0 Å². The fraction of sp³-hybridized carbons (Fsp3) is 0.727. The highest BCUT2D eigenvalue weighted by Crippen LogP contribution is 2.36. The average Bonchev–Trinajstić information content (AvgIpc) is 0.918. The van der Waals surface area contributed by atoms with Gasteiger partial charge in [0.05, 0.1) is 30.5 Å². The summed E-state index contributed by atoms with van der Waals surface area (Å²) >= 11 is 25.7. The molecule has 715 valence electrons. The molecule has 0 atom stereocenters. The number of benzene rings is 5. The van der Waals surface area contributed by atoms with Crippen molar-refractivity contribution in [1.82, 2.24) is 0 Å². The van der Waals surface area contributed by atoms with Crippen LogP contribution in [0.4, 0.5) is 23.5 Å². The van der Waals surface area contributed by atoms with E-state index in [9.17, 15) is 0 Å². The Hall–Kier alpha value is -3.35. The van der Waals surface area contributed by atoms with Gasteiger partial charge in [-0.3, -0.25) is 23.5 Å². The van der Waals surface area contributed by atoms with Crippen molar-refractivity contribution < 1.29 is 47.2 Å². The van der Waals surface area contributed by atoms with Crippen LogP contribution in [0.1, 0.15) is 416 Å². The molecule has 0 unspecified atom stereocenters. The van der Waals surface area contributed by atoms with Gasteiger partial charge in [-0.25, -0.2) is 0 Å². The molecule has 5 aliphatic carbocycles. The van der Waals surface area contributed by atoms with E-state index in [0.717, 1.165) is 87.1 Å². The van der Waals surface area contributed by atoms with Crippen molar-refractivity contribution in [3.63, 3.8) is 0 Å². The first-order valence-corrected chi connectivity index (χ1v) is 52.8. The van der Waals surface area contributed by atoms with Crippen LogP contribution in [0.3, 0.4) is 0 Å². The Balaban J connectivity index is 0.000000774. The summed E-state index contributed by atoms with van der Waals surface area (Å²) in [4.78, 5) is 4.73. The molecular formula is C110H180F5O5S5. The molecule has 0 heterocycles. The Bertz CT molecular complexity index is 2620.